The Hall–Kier alpha value is -0.120. The highest BCUT2D eigenvalue weighted by Crippen LogP contribution is 2.38. The Morgan fingerprint density at radius 1 is 1.11 bits per heavy atom. The smallest absolute Gasteiger partial charge is 0.169 e. The first-order chi connectivity index (χ1) is 9.26. The van der Waals surface area contributed by atoms with E-state index in [0.717, 1.165) is 25.7 Å². The molecule has 0 amide bonds. The van der Waals surface area contributed by atoms with Gasteiger partial charge in [0.1, 0.15) is 6.10 Å². The van der Waals surface area contributed by atoms with Gasteiger partial charge in [0, 0.05) is 12.8 Å². The number of unbranched alkanes of at least 4 members (excludes halogenated alkanes) is 4. The highest BCUT2D eigenvalue weighted by atomic mass is 16.7. The van der Waals surface area contributed by atoms with Crippen molar-refractivity contribution >= 4 is 0 Å². The van der Waals surface area contributed by atoms with E-state index in [9.17, 15) is 5.11 Å². The maximum atomic E-state index is 10.2. The lowest BCUT2D eigenvalue weighted by molar-refractivity contribution is -0.195. The standard InChI is InChI=1S/C16H30O3/c1-2-3-4-5-7-10-14(17)15-13-18-16(19-15)11-8-6-9-12-16/h14-15,17H,2-13H2,1H3/t14-,15+/m0/s1. The van der Waals surface area contributed by atoms with E-state index in [2.05, 4.69) is 6.92 Å². The molecule has 19 heavy (non-hydrogen) atoms. The summed E-state index contributed by atoms with van der Waals surface area (Å²) in [4.78, 5) is 0. The third-order valence-corrected chi connectivity index (χ3v) is 4.52. The Kier molecular flexibility index (Phi) is 6.11. The van der Waals surface area contributed by atoms with Crippen LogP contribution in [-0.2, 0) is 9.47 Å². The molecule has 1 spiro atoms. The van der Waals surface area contributed by atoms with Crippen LogP contribution in [0.2, 0.25) is 0 Å². The zero-order valence-electron chi connectivity index (χ0n) is 12.4. The second-order valence-electron chi connectivity index (χ2n) is 6.21. The molecule has 0 aromatic heterocycles. The van der Waals surface area contributed by atoms with Crippen LogP contribution in [0.25, 0.3) is 0 Å². The minimum atomic E-state index is -0.345. The van der Waals surface area contributed by atoms with E-state index < -0.39 is 0 Å². The minimum absolute atomic E-state index is 0.0933. The third kappa shape index (κ3) is 4.44. The summed E-state index contributed by atoms with van der Waals surface area (Å²) in [5.41, 5.74) is 0. The van der Waals surface area contributed by atoms with Crippen LogP contribution in [0.15, 0.2) is 0 Å². The highest BCUT2D eigenvalue weighted by Gasteiger charge is 2.44. The van der Waals surface area contributed by atoms with Crippen molar-refractivity contribution in [3.63, 3.8) is 0 Å². The summed E-state index contributed by atoms with van der Waals surface area (Å²) in [6.45, 7) is 2.80. The number of hydrogen-bond donors (Lipinski definition) is 1. The average molecular weight is 270 g/mol. The maximum Gasteiger partial charge on any atom is 0.169 e. The molecule has 1 saturated heterocycles. The molecule has 112 valence electrons. The second kappa shape index (κ2) is 7.61. The first kappa shape index (κ1) is 15.3. The Morgan fingerprint density at radius 2 is 1.84 bits per heavy atom. The van der Waals surface area contributed by atoms with Crippen molar-refractivity contribution in [3.8, 4) is 0 Å². The summed E-state index contributed by atoms with van der Waals surface area (Å²) in [5, 5.41) is 10.2. The largest absolute Gasteiger partial charge is 0.390 e. The molecule has 1 N–H and O–H groups in total. The molecule has 0 aromatic carbocycles. The Morgan fingerprint density at radius 3 is 2.58 bits per heavy atom. The molecule has 0 bridgehead atoms. The minimum Gasteiger partial charge on any atom is -0.390 e. The number of rotatable bonds is 7. The quantitative estimate of drug-likeness (QED) is 0.715. The summed E-state index contributed by atoms with van der Waals surface area (Å²) in [6, 6.07) is 0. The van der Waals surface area contributed by atoms with Crippen molar-refractivity contribution in [2.45, 2.75) is 95.5 Å². The van der Waals surface area contributed by atoms with E-state index in [0.29, 0.717) is 6.61 Å². The van der Waals surface area contributed by atoms with Gasteiger partial charge < -0.3 is 14.6 Å². The third-order valence-electron chi connectivity index (χ3n) is 4.52. The van der Waals surface area contributed by atoms with Crippen molar-refractivity contribution in [1.29, 1.82) is 0 Å². The molecular weight excluding hydrogens is 240 g/mol. The van der Waals surface area contributed by atoms with E-state index in [1.165, 1.54) is 44.9 Å². The van der Waals surface area contributed by atoms with Crippen LogP contribution in [0.1, 0.15) is 77.6 Å². The lowest BCUT2D eigenvalue weighted by atomic mass is 9.94. The predicted molar refractivity (Wildman–Crippen MR) is 76.0 cm³/mol. The SMILES string of the molecule is CCCCCCC[C@H](O)[C@H]1COC2(CCCCC2)O1. The van der Waals surface area contributed by atoms with E-state index in [1.54, 1.807) is 0 Å². The zero-order chi connectivity index (χ0) is 13.6. The molecule has 2 fully saturated rings. The maximum absolute atomic E-state index is 10.2. The molecular formula is C16H30O3. The topological polar surface area (TPSA) is 38.7 Å². The molecule has 0 radical (unpaired) electrons. The summed E-state index contributed by atoms with van der Waals surface area (Å²) < 4.78 is 11.9. The van der Waals surface area contributed by atoms with E-state index in [4.69, 9.17) is 9.47 Å². The van der Waals surface area contributed by atoms with Crippen molar-refractivity contribution < 1.29 is 14.6 Å². The van der Waals surface area contributed by atoms with Gasteiger partial charge in [-0.25, -0.2) is 0 Å². The fourth-order valence-corrected chi connectivity index (χ4v) is 3.26. The van der Waals surface area contributed by atoms with Crippen LogP contribution in [0.3, 0.4) is 0 Å². The van der Waals surface area contributed by atoms with Gasteiger partial charge in [-0.3, -0.25) is 0 Å². The fourth-order valence-electron chi connectivity index (χ4n) is 3.26. The first-order valence-corrected chi connectivity index (χ1v) is 8.25. The number of aliphatic hydroxyl groups excluding tert-OH is 1. The molecule has 1 aliphatic carbocycles. The zero-order valence-corrected chi connectivity index (χ0v) is 12.4. The molecule has 1 saturated carbocycles. The van der Waals surface area contributed by atoms with Crippen molar-refractivity contribution in [2.24, 2.45) is 0 Å². The van der Waals surface area contributed by atoms with Crippen LogP contribution < -0.4 is 0 Å². The molecule has 3 nitrogen and oxygen atoms in total. The van der Waals surface area contributed by atoms with Crippen molar-refractivity contribution in [2.75, 3.05) is 6.61 Å². The van der Waals surface area contributed by atoms with Gasteiger partial charge in [0.2, 0.25) is 0 Å². The molecule has 2 atom stereocenters. The normalized spacial score (nSPS) is 27.8. The molecule has 1 aliphatic heterocycles. The predicted octanol–water partition coefficient (Wildman–Crippen LogP) is 3.78. The highest BCUT2D eigenvalue weighted by molar-refractivity contribution is 4.85. The van der Waals surface area contributed by atoms with Crippen LogP contribution in [-0.4, -0.2) is 29.7 Å². The van der Waals surface area contributed by atoms with Crippen LogP contribution >= 0.6 is 0 Å². The van der Waals surface area contributed by atoms with Gasteiger partial charge in [0.25, 0.3) is 0 Å². The van der Waals surface area contributed by atoms with Gasteiger partial charge in [-0.05, 0) is 19.3 Å². The van der Waals surface area contributed by atoms with E-state index in [-0.39, 0.29) is 18.0 Å². The van der Waals surface area contributed by atoms with Crippen LogP contribution in [0.4, 0.5) is 0 Å². The van der Waals surface area contributed by atoms with Gasteiger partial charge in [0.05, 0.1) is 12.7 Å². The molecule has 2 rings (SSSR count). The molecule has 3 heteroatoms. The first-order valence-electron chi connectivity index (χ1n) is 8.25. The van der Waals surface area contributed by atoms with Crippen LogP contribution in [0, 0.1) is 0 Å². The van der Waals surface area contributed by atoms with Crippen molar-refractivity contribution in [3.05, 3.63) is 0 Å². The summed E-state index contributed by atoms with van der Waals surface area (Å²) in [5.74, 6) is -0.341. The van der Waals surface area contributed by atoms with E-state index in [1.807, 2.05) is 0 Å². The summed E-state index contributed by atoms with van der Waals surface area (Å²) in [7, 11) is 0. The number of ether oxygens (including phenoxy) is 2. The van der Waals surface area contributed by atoms with Crippen LogP contribution in [0.5, 0.6) is 0 Å². The van der Waals surface area contributed by atoms with Crippen molar-refractivity contribution in [1.82, 2.24) is 0 Å². The van der Waals surface area contributed by atoms with Gasteiger partial charge in [-0.1, -0.05) is 45.4 Å². The number of hydrogen-bond acceptors (Lipinski definition) is 3. The molecule has 2 aliphatic rings. The Balaban J connectivity index is 1.65. The average Bonchev–Trinajstić information content (AvgIpc) is 2.83. The Labute approximate surface area is 117 Å². The molecule has 0 unspecified atom stereocenters. The molecule has 0 aromatic rings. The lowest BCUT2D eigenvalue weighted by Crippen LogP contribution is -2.36. The molecule has 1 heterocycles. The summed E-state index contributed by atoms with van der Waals surface area (Å²) >= 11 is 0. The van der Waals surface area contributed by atoms with E-state index >= 15 is 0 Å². The van der Waals surface area contributed by atoms with Gasteiger partial charge in [0.15, 0.2) is 5.79 Å². The summed E-state index contributed by atoms with van der Waals surface area (Å²) in [6.07, 6.45) is 12.3. The fraction of sp³-hybridized carbons (Fsp3) is 1.00. The monoisotopic (exact) mass is 270 g/mol. The Bertz CT molecular complexity index is 248. The lowest BCUT2D eigenvalue weighted by Gasteiger charge is -2.32. The van der Waals surface area contributed by atoms with Gasteiger partial charge in [-0.2, -0.15) is 0 Å². The van der Waals surface area contributed by atoms with Gasteiger partial charge >= 0.3 is 0 Å². The van der Waals surface area contributed by atoms with Gasteiger partial charge in [-0.15, -0.1) is 0 Å². The second-order valence-corrected chi connectivity index (χ2v) is 6.21. The number of aliphatic hydroxyl groups is 1.